The van der Waals surface area contributed by atoms with E-state index in [-0.39, 0.29) is 22.0 Å². The second kappa shape index (κ2) is 7.29. The van der Waals surface area contributed by atoms with Gasteiger partial charge in [0.25, 0.3) is 15.9 Å². The highest BCUT2D eigenvalue weighted by molar-refractivity contribution is 7.92. The van der Waals surface area contributed by atoms with Crippen LogP contribution in [-0.2, 0) is 10.0 Å². The Bertz CT molecular complexity index is 1100. The van der Waals surface area contributed by atoms with Crippen LogP contribution in [0.5, 0.6) is 0 Å². The molecule has 0 radical (unpaired) electrons. The van der Waals surface area contributed by atoms with Crippen LogP contribution < -0.4 is 10.0 Å². The lowest BCUT2D eigenvalue weighted by atomic mass is 9.53. The van der Waals surface area contributed by atoms with E-state index in [9.17, 15) is 22.0 Å². The second-order valence-corrected chi connectivity index (χ2v) is 11.1. The molecule has 4 saturated carbocycles. The summed E-state index contributed by atoms with van der Waals surface area (Å²) in [4.78, 5) is 12.5. The standard InChI is InChI=1S/C23H24F2N2O3S/c24-20-6-5-19(10-21(20)25)31(29,30)27-18-3-1-17(2-4-18)22(28)26-23-11-14-7-15(12-23)9-16(8-14)13-23/h1-6,10,14-16,27H,7-9,11-13H2,(H,26,28). The van der Waals surface area contributed by atoms with Gasteiger partial charge >= 0.3 is 0 Å². The predicted octanol–water partition coefficient (Wildman–Crippen LogP) is 4.46. The number of hydrogen-bond donors (Lipinski definition) is 2. The number of carbonyl (C=O) groups excluding carboxylic acids is 1. The quantitative estimate of drug-likeness (QED) is 0.712. The van der Waals surface area contributed by atoms with Crippen molar-refractivity contribution in [2.24, 2.45) is 17.8 Å². The molecule has 6 rings (SSSR count). The largest absolute Gasteiger partial charge is 0.347 e. The van der Waals surface area contributed by atoms with E-state index >= 15 is 0 Å². The number of nitrogens with one attached hydrogen (secondary N) is 2. The molecule has 2 N–H and O–H groups in total. The average Bonchev–Trinajstić information content (AvgIpc) is 2.69. The molecule has 4 aliphatic carbocycles. The predicted molar refractivity (Wildman–Crippen MR) is 112 cm³/mol. The lowest BCUT2D eigenvalue weighted by Gasteiger charge is -2.56. The highest BCUT2D eigenvalue weighted by atomic mass is 32.2. The van der Waals surface area contributed by atoms with Crippen molar-refractivity contribution in [1.82, 2.24) is 5.32 Å². The van der Waals surface area contributed by atoms with E-state index < -0.39 is 21.7 Å². The Morgan fingerprint density at radius 1 is 0.871 bits per heavy atom. The van der Waals surface area contributed by atoms with Gasteiger partial charge in [-0.3, -0.25) is 9.52 Å². The highest BCUT2D eigenvalue weighted by Crippen LogP contribution is 2.55. The van der Waals surface area contributed by atoms with Gasteiger partial charge in [-0.2, -0.15) is 0 Å². The van der Waals surface area contributed by atoms with E-state index in [2.05, 4.69) is 10.0 Å². The summed E-state index contributed by atoms with van der Waals surface area (Å²) in [6.45, 7) is 0. The van der Waals surface area contributed by atoms with Crippen molar-refractivity contribution in [1.29, 1.82) is 0 Å². The molecule has 2 aromatic carbocycles. The molecule has 5 nitrogen and oxygen atoms in total. The molecule has 4 fully saturated rings. The molecule has 164 valence electrons. The monoisotopic (exact) mass is 446 g/mol. The zero-order chi connectivity index (χ0) is 21.8. The zero-order valence-corrected chi connectivity index (χ0v) is 17.7. The molecule has 4 bridgehead atoms. The Morgan fingerprint density at radius 3 is 2.00 bits per heavy atom. The first-order chi connectivity index (χ1) is 14.7. The zero-order valence-electron chi connectivity index (χ0n) is 16.9. The number of hydrogen-bond acceptors (Lipinski definition) is 3. The lowest BCUT2D eigenvalue weighted by molar-refractivity contribution is -0.0167. The first kappa shape index (κ1) is 20.4. The van der Waals surface area contributed by atoms with Crippen LogP contribution in [0.15, 0.2) is 47.4 Å². The van der Waals surface area contributed by atoms with Crippen molar-refractivity contribution < 1.29 is 22.0 Å². The number of sulfonamides is 1. The van der Waals surface area contributed by atoms with Crippen LogP contribution in [0.3, 0.4) is 0 Å². The molecule has 1 amide bonds. The van der Waals surface area contributed by atoms with Crippen molar-refractivity contribution in [3.8, 4) is 0 Å². The summed E-state index contributed by atoms with van der Waals surface area (Å²) in [5.41, 5.74) is 0.598. The van der Waals surface area contributed by atoms with Crippen LogP contribution in [0.4, 0.5) is 14.5 Å². The van der Waals surface area contributed by atoms with Crippen molar-refractivity contribution in [3.63, 3.8) is 0 Å². The van der Waals surface area contributed by atoms with Gasteiger partial charge in [-0.25, -0.2) is 17.2 Å². The summed E-state index contributed by atoms with van der Waals surface area (Å²) in [6.07, 6.45) is 7.04. The Balaban J connectivity index is 1.28. The SMILES string of the molecule is O=C(NC12CC3CC(CC(C3)C1)C2)c1ccc(NS(=O)(=O)c2ccc(F)c(F)c2)cc1. The molecule has 0 spiro atoms. The molecule has 31 heavy (non-hydrogen) atoms. The normalized spacial score (nSPS) is 29.0. The van der Waals surface area contributed by atoms with E-state index in [1.807, 2.05) is 0 Å². The number of amides is 1. The topological polar surface area (TPSA) is 75.3 Å². The van der Waals surface area contributed by atoms with Crippen molar-refractivity contribution in [3.05, 3.63) is 59.7 Å². The fraction of sp³-hybridized carbons (Fsp3) is 0.435. The van der Waals surface area contributed by atoms with Crippen LogP contribution in [-0.4, -0.2) is 19.9 Å². The van der Waals surface area contributed by atoms with Gasteiger partial charge in [-0.05, 0) is 98.7 Å². The molecule has 0 aromatic heterocycles. The summed E-state index contributed by atoms with van der Waals surface area (Å²) in [7, 11) is -4.08. The van der Waals surface area contributed by atoms with Crippen LogP contribution in [0.2, 0.25) is 0 Å². The lowest BCUT2D eigenvalue weighted by Crippen LogP contribution is -2.59. The summed E-state index contributed by atoms with van der Waals surface area (Å²) in [6, 6.07) is 8.51. The third-order valence-electron chi connectivity index (χ3n) is 7.02. The minimum Gasteiger partial charge on any atom is -0.347 e. The average molecular weight is 447 g/mol. The van der Waals surface area contributed by atoms with Gasteiger partial charge in [0.2, 0.25) is 0 Å². The van der Waals surface area contributed by atoms with Crippen LogP contribution >= 0.6 is 0 Å². The van der Waals surface area contributed by atoms with E-state index in [1.165, 1.54) is 31.4 Å². The minimum atomic E-state index is -4.08. The third-order valence-corrected chi connectivity index (χ3v) is 8.40. The second-order valence-electron chi connectivity index (χ2n) is 9.41. The van der Waals surface area contributed by atoms with Gasteiger partial charge < -0.3 is 5.32 Å². The molecular weight excluding hydrogens is 422 g/mol. The van der Waals surface area contributed by atoms with Gasteiger partial charge in [0.15, 0.2) is 11.6 Å². The minimum absolute atomic E-state index is 0.0985. The van der Waals surface area contributed by atoms with Gasteiger partial charge in [-0.1, -0.05) is 0 Å². The molecule has 0 atom stereocenters. The molecule has 0 aliphatic heterocycles. The van der Waals surface area contributed by atoms with E-state index in [0.717, 1.165) is 49.1 Å². The maximum atomic E-state index is 13.4. The molecule has 8 heteroatoms. The molecule has 0 heterocycles. The Hall–Kier alpha value is -2.48. The third kappa shape index (κ3) is 3.93. The molecular formula is C23H24F2N2O3S. The first-order valence-electron chi connectivity index (χ1n) is 10.6. The Labute approximate surface area is 180 Å². The molecule has 0 saturated heterocycles. The van der Waals surface area contributed by atoms with Gasteiger partial charge in [0, 0.05) is 16.8 Å². The van der Waals surface area contributed by atoms with Crippen LogP contribution in [0.1, 0.15) is 48.9 Å². The number of rotatable bonds is 5. The van der Waals surface area contributed by atoms with E-state index in [4.69, 9.17) is 0 Å². The van der Waals surface area contributed by atoms with E-state index in [1.54, 1.807) is 12.1 Å². The maximum Gasteiger partial charge on any atom is 0.261 e. The molecule has 4 aliphatic rings. The van der Waals surface area contributed by atoms with Crippen molar-refractivity contribution in [2.45, 2.75) is 49.0 Å². The summed E-state index contributed by atoms with van der Waals surface area (Å²) < 4.78 is 53.6. The van der Waals surface area contributed by atoms with E-state index in [0.29, 0.717) is 11.6 Å². The smallest absolute Gasteiger partial charge is 0.261 e. The number of halogens is 2. The summed E-state index contributed by atoms with van der Waals surface area (Å²) in [5.74, 6) is -0.330. The van der Waals surface area contributed by atoms with Crippen LogP contribution in [0, 0.1) is 29.4 Å². The maximum absolute atomic E-state index is 13.4. The fourth-order valence-electron chi connectivity index (χ4n) is 6.12. The fourth-order valence-corrected chi connectivity index (χ4v) is 7.19. The Morgan fingerprint density at radius 2 is 1.45 bits per heavy atom. The summed E-state index contributed by atoms with van der Waals surface area (Å²) in [5, 5.41) is 3.29. The van der Waals surface area contributed by atoms with Gasteiger partial charge in [0.05, 0.1) is 4.90 Å². The molecule has 2 aromatic rings. The highest BCUT2D eigenvalue weighted by Gasteiger charge is 2.51. The van der Waals surface area contributed by atoms with Gasteiger partial charge in [-0.15, -0.1) is 0 Å². The number of benzene rings is 2. The number of carbonyl (C=O) groups is 1. The Kier molecular flexibility index (Phi) is 4.80. The van der Waals surface area contributed by atoms with Crippen LogP contribution in [0.25, 0.3) is 0 Å². The first-order valence-corrected chi connectivity index (χ1v) is 12.1. The molecule has 0 unspecified atom stereocenters. The van der Waals surface area contributed by atoms with Crippen molar-refractivity contribution >= 4 is 21.6 Å². The van der Waals surface area contributed by atoms with Gasteiger partial charge in [0.1, 0.15) is 0 Å². The number of anilines is 1. The summed E-state index contributed by atoms with van der Waals surface area (Å²) >= 11 is 0. The van der Waals surface area contributed by atoms with Crippen molar-refractivity contribution in [2.75, 3.05) is 4.72 Å².